The van der Waals surface area contributed by atoms with Gasteiger partial charge in [0.2, 0.25) is 35.4 Å². The highest BCUT2D eigenvalue weighted by molar-refractivity contribution is 5.97. The van der Waals surface area contributed by atoms with Gasteiger partial charge in [0.25, 0.3) is 5.91 Å². The van der Waals surface area contributed by atoms with E-state index < -0.39 is 59.0 Å². The maximum absolute atomic E-state index is 14.8. The van der Waals surface area contributed by atoms with Crippen LogP contribution in [0.3, 0.4) is 0 Å². The van der Waals surface area contributed by atoms with Crippen LogP contribution in [0.25, 0.3) is 0 Å². The zero-order valence-electron chi connectivity index (χ0n) is 48.3. The molecule has 0 bridgehead atoms. The highest BCUT2D eigenvalue weighted by atomic mass is 16.5. The number of nitrogens with one attached hydrogen (secondary N) is 7. The number of hydrogen-bond donors (Lipinski definition) is 7. The Morgan fingerprint density at radius 3 is 1.64 bits per heavy atom. The van der Waals surface area contributed by atoms with E-state index in [0.717, 1.165) is 66.3 Å². The summed E-state index contributed by atoms with van der Waals surface area (Å²) in [5.41, 5.74) is 6.10. The van der Waals surface area contributed by atoms with Gasteiger partial charge in [-0.3, -0.25) is 33.6 Å². The van der Waals surface area contributed by atoms with Crippen LogP contribution in [0.4, 0.5) is 0 Å². The normalized spacial score (nSPS) is 21.2. The third-order valence-corrected chi connectivity index (χ3v) is 16.6. The summed E-state index contributed by atoms with van der Waals surface area (Å²) in [6.45, 7) is 15.2. The van der Waals surface area contributed by atoms with E-state index in [4.69, 9.17) is 4.74 Å². The number of carbonyl (C=O) groups excluding carboxylic acids is 7. The molecule has 2 heterocycles. The SMILES string of the molecule is CN[C@@H](C)C(=O)N[C@H](C(=O)N1Cc2ccc(OCc3ccc(C(=O)N[C@H]4C[C@@H](C(=O)N[C@@H]5CCCc6ccccc65)N(C(=O)[C@@H](NC(=O)[C@H](C)NC)C(C)(C)C)C4)cc3)cc2C[C@H]1C(=O)N[C@@H]1CCCc2ccccc21)C(C)(C)C. The molecule has 0 aromatic heterocycles. The number of fused-ring (bicyclic) bond motifs is 3. The highest BCUT2D eigenvalue weighted by Gasteiger charge is 2.47. The van der Waals surface area contributed by atoms with Crippen LogP contribution in [0.2, 0.25) is 0 Å². The molecule has 7 N–H and O–H groups in total. The van der Waals surface area contributed by atoms with Gasteiger partial charge < -0.3 is 51.8 Å². The Hall–Kier alpha value is -7.11. The predicted molar refractivity (Wildman–Crippen MR) is 307 cm³/mol. The number of likely N-dealkylation sites (tertiary alicyclic amines) is 1. The molecular weight excluding hydrogens is 1010 g/mol. The molecule has 2 aliphatic heterocycles. The molecule has 8 rings (SSSR count). The Balaban J connectivity index is 0.955. The van der Waals surface area contributed by atoms with Crippen molar-refractivity contribution in [1.29, 1.82) is 0 Å². The molecule has 4 aliphatic rings. The first-order valence-electron chi connectivity index (χ1n) is 28.5. The largest absolute Gasteiger partial charge is 0.489 e. The number of rotatable bonds is 17. The lowest BCUT2D eigenvalue weighted by atomic mass is 9.83. The van der Waals surface area contributed by atoms with Gasteiger partial charge in [-0.05, 0) is 147 Å². The zero-order valence-corrected chi connectivity index (χ0v) is 48.3. The predicted octanol–water partition coefficient (Wildman–Crippen LogP) is 5.88. The molecule has 0 saturated carbocycles. The molecule has 1 fully saturated rings. The van der Waals surface area contributed by atoms with Gasteiger partial charge in [-0.15, -0.1) is 0 Å². The number of hydrogen-bond acceptors (Lipinski definition) is 10. The Kier molecular flexibility index (Phi) is 18.5. The van der Waals surface area contributed by atoms with Gasteiger partial charge in [0.05, 0.1) is 24.2 Å². The van der Waals surface area contributed by atoms with Crippen LogP contribution in [-0.2, 0) is 61.2 Å². The minimum Gasteiger partial charge on any atom is -0.489 e. The fourth-order valence-electron chi connectivity index (χ4n) is 11.5. The number of nitrogens with zero attached hydrogens (tertiary/aromatic N) is 2. The number of amides is 7. The van der Waals surface area contributed by atoms with Crippen molar-refractivity contribution in [2.24, 2.45) is 10.8 Å². The van der Waals surface area contributed by atoms with Gasteiger partial charge in [0, 0.05) is 31.1 Å². The summed E-state index contributed by atoms with van der Waals surface area (Å²) in [5, 5.41) is 21.5. The van der Waals surface area contributed by atoms with Crippen molar-refractivity contribution in [3.8, 4) is 5.75 Å². The van der Waals surface area contributed by atoms with Crippen molar-refractivity contribution < 1.29 is 38.3 Å². The molecule has 428 valence electrons. The lowest BCUT2D eigenvalue weighted by Gasteiger charge is -2.41. The molecule has 4 aromatic rings. The molecule has 0 spiro atoms. The smallest absolute Gasteiger partial charge is 0.251 e. The second-order valence-electron chi connectivity index (χ2n) is 24.5. The Bertz CT molecular complexity index is 2930. The van der Waals surface area contributed by atoms with Crippen molar-refractivity contribution >= 4 is 41.4 Å². The summed E-state index contributed by atoms with van der Waals surface area (Å²) >= 11 is 0. The van der Waals surface area contributed by atoms with E-state index in [1.807, 2.05) is 102 Å². The second-order valence-corrected chi connectivity index (χ2v) is 24.5. The molecule has 17 heteroatoms. The molecule has 1 saturated heterocycles. The molecule has 9 atom stereocenters. The Morgan fingerprint density at radius 1 is 0.600 bits per heavy atom. The van der Waals surface area contributed by atoms with Crippen molar-refractivity contribution in [1.82, 2.24) is 47.0 Å². The molecule has 0 unspecified atom stereocenters. The van der Waals surface area contributed by atoms with Gasteiger partial charge in [0.1, 0.15) is 36.5 Å². The molecular formula is C63H83N9O8. The van der Waals surface area contributed by atoms with Crippen molar-refractivity contribution in [2.45, 2.75) is 174 Å². The van der Waals surface area contributed by atoms with E-state index in [9.17, 15) is 33.6 Å². The van der Waals surface area contributed by atoms with Crippen LogP contribution in [0.1, 0.15) is 149 Å². The van der Waals surface area contributed by atoms with E-state index in [1.54, 1.807) is 45.0 Å². The van der Waals surface area contributed by atoms with E-state index in [2.05, 4.69) is 55.4 Å². The van der Waals surface area contributed by atoms with Crippen LogP contribution in [0.15, 0.2) is 91.0 Å². The number of benzene rings is 4. The molecule has 17 nitrogen and oxygen atoms in total. The maximum atomic E-state index is 14.8. The Labute approximate surface area is 471 Å². The summed E-state index contributed by atoms with van der Waals surface area (Å²) in [7, 11) is 3.36. The number of likely N-dealkylation sites (N-methyl/N-ethyl adjacent to an activating group) is 2. The highest BCUT2D eigenvalue weighted by Crippen LogP contribution is 2.35. The third kappa shape index (κ3) is 13.7. The zero-order chi connectivity index (χ0) is 57.6. The van der Waals surface area contributed by atoms with Gasteiger partial charge in [-0.25, -0.2) is 0 Å². The van der Waals surface area contributed by atoms with E-state index in [0.29, 0.717) is 11.3 Å². The average molecular weight is 1090 g/mol. The fraction of sp³-hybridized carbons (Fsp3) is 0.508. The summed E-state index contributed by atoms with van der Waals surface area (Å²) in [5.74, 6) is -1.74. The summed E-state index contributed by atoms with van der Waals surface area (Å²) in [4.78, 5) is 102. The third-order valence-electron chi connectivity index (χ3n) is 16.6. The van der Waals surface area contributed by atoms with Crippen molar-refractivity contribution in [3.63, 3.8) is 0 Å². The molecule has 0 radical (unpaired) electrons. The van der Waals surface area contributed by atoms with E-state index in [1.165, 1.54) is 16.0 Å². The molecule has 80 heavy (non-hydrogen) atoms. The number of ether oxygens (including phenoxy) is 1. The van der Waals surface area contributed by atoms with Crippen LogP contribution in [0, 0.1) is 10.8 Å². The van der Waals surface area contributed by atoms with E-state index >= 15 is 0 Å². The number of aryl methyl sites for hydroxylation is 2. The lowest BCUT2D eigenvalue weighted by Crippen LogP contribution is -2.62. The number of carbonyl (C=O) groups is 7. The Morgan fingerprint density at radius 2 is 1.11 bits per heavy atom. The molecule has 4 aromatic carbocycles. The first kappa shape index (κ1) is 59.0. The first-order chi connectivity index (χ1) is 38.0. The average Bonchev–Trinajstić information content (AvgIpc) is 3.89. The minimum atomic E-state index is -0.947. The summed E-state index contributed by atoms with van der Waals surface area (Å²) < 4.78 is 6.34. The standard InChI is InChI=1S/C63H83N9O8/c1-37(64-9)55(73)69-53(62(3,4)5)60(78)71-34-43-29-30-46(31-44(43)32-51(71)58(76)67-49-23-15-19-40-17-11-13-21-47(40)49)80-36-39-25-27-42(28-26-39)57(75)66-45-33-52(59(77)68-50-24-16-20-41-18-12-14-22-48(41)50)72(35-45)61(79)54(63(6,7)8)70-56(74)38(2)65-10/h11-14,17-18,21-22,25-31,37-38,45,49-54,64-65H,15-16,19-20,23-24,32-36H2,1-10H3,(H,66,75)(H,67,76)(H,68,77)(H,69,73)(H,70,74)/t37-,38-,45-,49+,50+,51-,52-,53+,54+/m0/s1. The van der Waals surface area contributed by atoms with Crippen LogP contribution in [0.5, 0.6) is 5.75 Å². The monoisotopic (exact) mass is 1090 g/mol. The quantitative estimate of drug-likeness (QED) is 0.0666. The lowest BCUT2D eigenvalue weighted by molar-refractivity contribution is -0.147. The van der Waals surface area contributed by atoms with Crippen molar-refractivity contribution in [3.05, 3.63) is 136 Å². The topological polar surface area (TPSA) is 219 Å². The van der Waals surface area contributed by atoms with Crippen LogP contribution in [-0.4, -0.2) is 114 Å². The van der Waals surface area contributed by atoms with Crippen LogP contribution >= 0.6 is 0 Å². The summed E-state index contributed by atoms with van der Waals surface area (Å²) in [6.07, 6.45) is 5.67. The van der Waals surface area contributed by atoms with Gasteiger partial charge in [0.15, 0.2) is 0 Å². The minimum absolute atomic E-state index is 0.0708. The molecule has 7 amide bonds. The van der Waals surface area contributed by atoms with Gasteiger partial charge >= 0.3 is 0 Å². The summed E-state index contributed by atoms with van der Waals surface area (Å²) in [6, 6.07) is 23.3. The van der Waals surface area contributed by atoms with Crippen LogP contribution < -0.4 is 42.0 Å². The van der Waals surface area contributed by atoms with Gasteiger partial charge in [-0.2, -0.15) is 0 Å². The second kappa shape index (κ2) is 25.1. The molecule has 2 aliphatic carbocycles. The fourth-order valence-corrected chi connectivity index (χ4v) is 11.5. The van der Waals surface area contributed by atoms with Crippen molar-refractivity contribution in [2.75, 3.05) is 20.6 Å². The van der Waals surface area contributed by atoms with E-state index in [-0.39, 0.29) is 80.1 Å². The van der Waals surface area contributed by atoms with Gasteiger partial charge in [-0.1, -0.05) is 108 Å². The maximum Gasteiger partial charge on any atom is 0.251 e. The first-order valence-corrected chi connectivity index (χ1v) is 28.5.